The average molecular weight is 587 g/mol. The molecule has 1 aromatic carbocycles. The number of nitrogens with zero attached hydrogens (tertiary/aromatic N) is 1. The van der Waals surface area contributed by atoms with E-state index in [1.54, 1.807) is 0 Å². The van der Waals surface area contributed by atoms with Crippen LogP contribution in [0.4, 0.5) is 0 Å². The second-order valence-corrected chi connectivity index (χ2v) is 9.40. The molecular weight excluding hydrogens is 564 g/mol. The van der Waals surface area contributed by atoms with Gasteiger partial charge in [0.1, 0.15) is 0 Å². The van der Waals surface area contributed by atoms with Crippen LogP contribution < -0.4 is 0 Å². The lowest BCUT2D eigenvalue weighted by atomic mass is 9.76. The zero-order chi connectivity index (χ0) is 17.8. The van der Waals surface area contributed by atoms with E-state index in [0.29, 0.717) is 12.1 Å². The Balaban J connectivity index is 1.78. The minimum Gasteiger partial charge on any atom is -0.469 e. The highest BCUT2D eigenvalue weighted by Crippen LogP contribution is 2.47. The number of fused-ring (bicyclic) bond motifs is 2. The summed E-state index contributed by atoms with van der Waals surface area (Å²) in [4.78, 5) is 15.2. The van der Waals surface area contributed by atoms with Crippen LogP contribution in [0.15, 0.2) is 24.3 Å². The van der Waals surface area contributed by atoms with Gasteiger partial charge in [-0.25, -0.2) is 0 Å². The highest BCUT2D eigenvalue weighted by Gasteiger charge is 2.50. The minimum atomic E-state index is -0.0660. The Labute approximate surface area is 179 Å². The molecule has 0 amide bonds. The van der Waals surface area contributed by atoms with Crippen LogP contribution in [0.3, 0.4) is 0 Å². The fraction of sp³-hybridized carbons (Fsp3) is 0.611. The first-order chi connectivity index (χ1) is 12.2. The number of piperidine rings is 1. The van der Waals surface area contributed by atoms with Gasteiger partial charge in [-0.2, -0.15) is 0 Å². The molecular formula is C18H23I2NO3S. The highest BCUT2D eigenvalue weighted by atomic mass is 127. The molecule has 7 heteroatoms. The van der Waals surface area contributed by atoms with Gasteiger partial charge in [0.05, 0.1) is 28.8 Å². The summed E-state index contributed by atoms with van der Waals surface area (Å²) in [5.74, 6) is 0.140. The van der Waals surface area contributed by atoms with E-state index >= 15 is 0 Å². The molecule has 138 valence electrons. The van der Waals surface area contributed by atoms with Gasteiger partial charge >= 0.3 is 5.97 Å². The molecule has 0 N–H and O–H groups in total. The lowest BCUT2D eigenvalue weighted by molar-refractivity contribution is -0.150. The number of esters is 1. The first-order valence-electron chi connectivity index (χ1n) is 8.65. The number of carbonyl (C=O) groups is 1. The molecule has 2 heterocycles. The van der Waals surface area contributed by atoms with Crippen molar-refractivity contribution in [1.82, 2.24) is 4.90 Å². The average Bonchev–Trinajstić information content (AvgIpc) is 2.90. The smallest absolute Gasteiger partial charge is 0.310 e. The Kier molecular flexibility index (Phi) is 7.71. The number of hydrogen-bond donors (Lipinski definition) is 0. The van der Waals surface area contributed by atoms with Gasteiger partial charge in [-0.15, -0.1) is 0 Å². The Morgan fingerprint density at radius 3 is 2.76 bits per heavy atom. The summed E-state index contributed by atoms with van der Waals surface area (Å²) in [5.41, 5.74) is 1.28. The number of methoxy groups -OCH3 is 1. The first-order valence-corrected chi connectivity index (χ1v) is 13.0. The third-order valence-corrected chi connectivity index (χ3v) is 7.26. The van der Waals surface area contributed by atoms with Gasteiger partial charge in [0, 0.05) is 49.3 Å². The van der Waals surface area contributed by atoms with E-state index in [9.17, 15) is 4.79 Å². The Bertz CT molecular complexity index is 586. The fourth-order valence-corrected chi connectivity index (χ4v) is 5.59. The van der Waals surface area contributed by atoms with Gasteiger partial charge in [0.25, 0.3) is 0 Å². The summed E-state index contributed by atoms with van der Waals surface area (Å²) >= 11 is 4.47. The number of rotatable bonds is 7. The molecule has 0 aromatic heterocycles. The predicted octanol–water partition coefficient (Wildman–Crippen LogP) is 4.81. The number of hydrogen-bond acceptors (Lipinski definition) is 5. The summed E-state index contributed by atoms with van der Waals surface area (Å²) in [6.45, 7) is 1.76. The van der Waals surface area contributed by atoms with Gasteiger partial charge in [0.2, 0.25) is 0 Å². The van der Waals surface area contributed by atoms with E-state index in [-0.39, 0.29) is 17.8 Å². The van der Waals surface area contributed by atoms with Gasteiger partial charge < -0.3 is 8.92 Å². The molecule has 0 radical (unpaired) electrons. The summed E-state index contributed by atoms with van der Waals surface area (Å²) in [6, 6.07) is 9.51. The van der Waals surface area contributed by atoms with Crippen LogP contribution in [0, 0.1) is 9.49 Å². The van der Waals surface area contributed by atoms with Gasteiger partial charge in [-0.05, 0) is 66.0 Å². The number of carbonyl (C=O) groups excluding carboxylic acids is 1. The summed E-state index contributed by atoms with van der Waals surface area (Å²) < 4.78 is 11.8. The predicted molar refractivity (Wildman–Crippen MR) is 118 cm³/mol. The molecule has 4 atom stereocenters. The third kappa shape index (κ3) is 4.64. The van der Waals surface area contributed by atoms with Crippen molar-refractivity contribution in [2.24, 2.45) is 5.92 Å². The van der Waals surface area contributed by atoms with Crippen molar-refractivity contribution in [3.8, 4) is 0 Å². The maximum absolute atomic E-state index is 12.6. The Morgan fingerprint density at radius 2 is 2.08 bits per heavy atom. The summed E-state index contributed by atoms with van der Waals surface area (Å²) in [5, 5.41) is 0. The Hall–Kier alpha value is 0.420. The highest BCUT2D eigenvalue weighted by molar-refractivity contribution is 14.2. The summed E-state index contributed by atoms with van der Waals surface area (Å²) in [6.07, 6.45) is 4.32. The third-order valence-electron chi connectivity index (χ3n) is 5.52. The molecule has 0 saturated carbocycles. The molecule has 2 aliphatic rings. The lowest BCUT2D eigenvalue weighted by Crippen LogP contribution is -2.51. The number of ether oxygens (including phenoxy) is 1. The molecule has 4 nitrogen and oxygen atoms in total. The van der Waals surface area contributed by atoms with E-state index in [1.807, 2.05) is 0 Å². The minimum absolute atomic E-state index is 0.0574. The molecule has 3 rings (SSSR count). The second-order valence-electron chi connectivity index (χ2n) is 6.72. The molecule has 0 spiro atoms. The van der Waals surface area contributed by atoms with Crippen molar-refractivity contribution in [3.05, 3.63) is 33.4 Å². The van der Waals surface area contributed by atoms with Gasteiger partial charge in [-0.3, -0.25) is 9.69 Å². The van der Waals surface area contributed by atoms with Crippen molar-refractivity contribution in [2.45, 2.75) is 43.7 Å². The van der Waals surface area contributed by atoms with Crippen molar-refractivity contribution < 1.29 is 13.7 Å². The first kappa shape index (κ1) is 20.2. The van der Waals surface area contributed by atoms with Crippen LogP contribution in [0.2, 0.25) is 0 Å². The standard InChI is InChI=1S/C18H23I2NO3S/c1-23-18(22)17-15(12-3-5-13(19)6-4-12)11-14-7-8-16(17)21(14)9-2-10-24-25-20/h3-6,14-17H,2,7-11H2,1H3. The largest absolute Gasteiger partial charge is 0.469 e. The zero-order valence-electron chi connectivity index (χ0n) is 14.2. The van der Waals surface area contributed by atoms with Crippen molar-refractivity contribution >= 4 is 59.0 Å². The molecule has 25 heavy (non-hydrogen) atoms. The zero-order valence-corrected chi connectivity index (χ0v) is 19.3. The summed E-state index contributed by atoms with van der Waals surface area (Å²) in [7, 11) is 2.91. The molecule has 2 bridgehead atoms. The van der Waals surface area contributed by atoms with Crippen molar-refractivity contribution in [1.29, 1.82) is 0 Å². The van der Waals surface area contributed by atoms with Crippen LogP contribution >= 0.6 is 53.0 Å². The molecule has 1 aromatic rings. The molecule has 0 aliphatic carbocycles. The quantitative estimate of drug-likeness (QED) is 0.199. The normalized spacial score (nSPS) is 28.9. The fourth-order valence-electron chi connectivity index (χ4n) is 4.51. The number of halogens is 2. The lowest BCUT2D eigenvalue weighted by Gasteiger charge is -2.43. The Morgan fingerprint density at radius 1 is 1.32 bits per heavy atom. The monoisotopic (exact) mass is 587 g/mol. The van der Waals surface area contributed by atoms with Crippen LogP contribution in [0.5, 0.6) is 0 Å². The second kappa shape index (κ2) is 9.57. The van der Waals surface area contributed by atoms with Crippen molar-refractivity contribution in [3.63, 3.8) is 0 Å². The van der Waals surface area contributed by atoms with E-state index in [0.717, 1.165) is 32.4 Å². The van der Waals surface area contributed by atoms with Crippen LogP contribution in [0.1, 0.15) is 37.2 Å². The maximum atomic E-state index is 12.6. The maximum Gasteiger partial charge on any atom is 0.310 e. The topological polar surface area (TPSA) is 38.8 Å². The van der Waals surface area contributed by atoms with E-state index in [4.69, 9.17) is 8.92 Å². The van der Waals surface area contributed by atoms with E-state index in [1.165, 1.54) is 31.9 Å². The molecule has 2 aliphatic heterocycles. The molecule has 2 saturated heterocycles. The van der Waals surface area contributed by atoms with Crippen LogP contribution in [-0.4, -0.2) is 43.2 Å². The van der Waals surface area contributed by atoms with E-state index in [2.05, 4.69) is 73.0 Å². The number of benzene rings is 1. The SMILES string of the molecule is COC(=O)C1C(c2ccc(I)cc2)CC2CCC1N2CCCOSI. The van der Waals surface area contributed by atoms with Gasteiger partial charge in [-0.1, -0.05) is 12.1 Å². The van der Waals surface area contributed by atoms with Crippen molar-refractivity contribution in [2.75, 3.05) is 20.3 Å². The van der Waals surface area contributed by atoms with Crippen LogP contribution in [0.25, 0.3) is 0 Å². The van der Waals surface area contributed by atoms with E-state index < -0.39 is 0 Å². The van der Waals surface area contributed by atoms with Gasteiger partial charge in [0.15, 0.2) is 0 Å². The van der Waals surface area contributed by atoms with Crippen LogP contribution in [-0.2, 0) is 13.7 Å². The molecule has 2 fully saturated rings. The molecule has 4 unspecified atom stereocenters.